The minimum atomic E-state index is -0.763. The number of urea groups is 1. The molecule has 2 bridgehead atoms. The monoisotopic (exact) mass is 332 g/mol. The predicted octanol–water partition coefficient (Wildman–Crippen LogP) is 0.194. The van der Waals surface area contributed by atoms with Gasteiger partial charge in [0.2, 0.25) is 0 Å². The largest absolute Gasteiger partial charge is 0.497 e. The van der Waals surface area contributed by atoms with Crippen molar-refractivity contribution in [2.45, 2.75) is 18.5 Å². The fourth-order valence-corrected chi connectivity index (χ4v) is 3.11. The van der Waals surface area contributed by atoms with Crippen molar-refractivity contribution >= 4 is 17.5 Å². The second-order valence-electron chi connectivity index (χ2n) is 5.61. The highest BCUT2D eigenvalue weighted by atomic mass is 16.7. The highest BCUT2D eigenvalue weighted by molar-refractivity contribution is 6.17. The lowest BCUT2D eigenvalue weighted by Crippen LogP contribution is -2.49. The summed E-state index contributed by atoms with van der Waals surface area (Å²) in [6, 6.07) is 6.70. The Balaban J connectivity index is 1.69. The van der Waals surface area contributed by atoms with Gasteiger partial charge in [0.15, 0.2) is 12.4 Å². The fourth-order valence-electron chi connectivity index (χ4n) is 3.11. The molecule has 4 rings (SSSR count). The maximum atomic E-state index is 11.0. The van der Waals surface area contributed by atoms with E-state index in [1.54, 1.807) is 7.11 Å². The van der Waals surface area contributed by atoms with Gasteiger partial charge < -0.3 is 24.8 Å². The van der Waals surface area contributed by atoms with Crippen molar-refractivity contribution < 1.29 is 23.8 Å². The van der Waals surface area contributed by atoms with E-state index in [0.29, 0.717) is 18.0 Å². The Bertz CT molecular complexity index is 717. The van der Waals surface area contributed by atoms with Crippen LogP contribution in [0.15, 0.2) is 34.5 Å². The number of hydrogen-bond acceptors (Lipinski definition) is 7. The molecule has 0 unspecified atom stereocenters. The number of methoxy groups -OCH3 is 1. The first-order valence-corrected chi connectivity index (χ1v) is 7.45. The summed E-state index contributed by atoms with van der Waals surface area (Å²) in [5, 5.41) is 8.29. The second-order valence-corrected chi connectivity index (χ2v) is 5.61. The normalized spacial score (nSPS) is 32.0. The van der Waals surface area contributed by atoms with Gasteiger partial charge in [-0.1, -0.05) is 5.16 Å². The standard InChI is InChI=1S/C15H16N4O5/c1-21-8-4-2-7(3-5-8)11-10-12(17-18-15(16)20)14-22-6-9(23-14)13(10)24-19-11/h2-5,9-10,13-14H,6H2,1H3,(H3,16,18,20)/b17-12+/t9-,10+,13+,14+/m0/s1. The molecule has 2 fully saturated rings. The van der Waals surface area contributed by atoms with Crippen LogP contribution in [0.25, 0.3) is 0 Å². The summed E-state index contributed by atoms with van der Waals surface area (Å²) in [7, 11) is 1.61. The Morgan fingerprint density at radius 3 is 2.92 bits per heavy atom. The fraction of sp³-hybridized carbons (Fsp3) is 0.400. The lowest BCUT2D eigenvalue weighted by Gasteiger charge is -2.29. The first kappa shape index (κ1) is 14.9. The Labute approximate surface area is 137 Å². The van der Waals surface area contributed by atoms with Gasteiger partial charge in [0.25, 0.3) is 0 Å². The number of ether oxygens (including phenoxy) is 3. The number of benzene rings is 1. The highest BCUT2D eigenvalue weighted by Crippen LogP contribution is 2.38. The van der Waals surface area contributed by atoms with Crippen LogP contribution >= 0.6 is 0 Å². The van der Waals surface area contributed by atoms with Gasteiger partial charge in [-0.05, 0) is 24.3 Å². The van der Waals surface area contributed by atoms with E-state index in [0.717, 1.165) is 11.3 Å². The molecule has 0 saturated carbocycles. The summed E-state index contributed by atoms with van der Waals surface area (Å²) in [6.07, 6.45) is -1.23. The number of carbonyl (C=O) groups is 1. The van der Waals surface area contributed by atoms with Crippen LogP contribution in [0, 0.1) is 5.92 Å². The van der Waals surface area contributed by atoms with Gasteiger partial charge in [0.1, 0.15) is 17.6 Å². The van der Waals surface area contributed by atoms with Crippen LogP contribution in [0.4, 0.5) is 4.79 Å². The minimum Gasteiger partial charge on any atom is -0.497 e. The molecule has 9 heteroatoms. The van der Waals surface area contributed by atoms with Gasteiger partial charge in [0.05, 0.1) is 25.3 Å². The molecule has 4 atom stereocenters. The number of hydrazone groups is 1. The Morgan fingerprint density at radius 1 is 1.42 bits per heavy atom. The molecular weight excluding hydrogens is 316 g/mol. The van der Waals surface area contributed by atoms with E-state index >= 15 is 0 Å². The first-order valence-electron chi connectivity index (χ1n) is 7.45. The molecular formula is C15H16N4O5. The quantitative estimate of drug-likeness (QED) is 0.767. The van der Waals surface area contributed by atoms with E-state index < -0.39 is 12.3 Å². The van der Waals surface area contributed by atoms with Crippen molar-refractivity contribution in [3.8, 4) is 5.75 Å². The molecule has 2 amide bonds. The number of fused-ring (bicyclic) bond motifs is 4. The Morgan fingerprint density at radius 2 is 2.21 bits per heavy atom. The predicted molar refractivity (Wildman–Crippen MR) is 82.7 cm³/mol. The van der Waals surface area contributed by atoms with Gasteiger partial charge in [0, 0.05) is 5.56 Å². The molecule has 3 aliphatic rings. The highest BCUT2D eigenvalue weighted by Gasteiger charge is 2.55. The SMILES string of the molecule is COc1ccc(C2=NO[C@@H]3[C@@H]4CO[C@H](O4)/C(=N/NC(N)=O)[C@@H]23)cc1. The number of oxime groups is 1. The third kappa shape index (κ3) is 2.38. The Kier molecular flexibility index (Phi) is 3.58. The van der Waals surface area contributed by atoms with Crippen LogP contribution in [0.5, 0.6) is 5.75 Å². The number of rotatable bonds is 3. The molecule has 2 saturated heterocycles. The molecule has 1 aromatic rings. The van der Waals surface area contributed by atoms with E-state index in [1.807, 2.05) is 24.3 Å². The molecule has 0 aliphatic carbocycles. The molecule has 3 aliphatic heterocycles. The van der Waals surface area contributed by atoms with Gasteiger partial charge in [-0.25, -0.2) is 10.2 Å². The zero-order valence-corrected chi connectivity index (χ0v) is 12.8. The summed E-state index contributed by atoms with van der Waals surface area (Å²) < 4.78 is 16.5. The van der Waals surface area contributed by atoms with Gasteiger partial charge in [-0.15, -0.1) is 0 Å². The number of carbonyl (C=O) groups excluding carboxylic acids is 1. The summed E-state index contributed by atoms with van der Waals surface area (Å²) in [5.74, 6) is 0.464. The van der Waals surface area contributed by atoms with Gasteiger partial charge in [-0.2, -0.15) is 5.10 Å². The van der Waals surface area contributed by atoms with Crippen molar-refractivity contribution in [2.24, 2.45) is 21.9 Å². The third-order valence-electron chi connectivity index (χ3n) is 4.21. The number of nitrogens with one attached hydrogen (secondary N) is 1. The van der Waals surface area contributed by atoms with Crippen molar-refractivity contribution in [3.63, 3.8) is 0 Å². The van der Waals surface area contributed by atoms with Crippen molar-refractivity contribution in [1.82, 2.24) is 5.43 Å². The van der Waals surface area contributed by atoms with E-state index in [9.17, 15) is 4.79 Å². The molecule has 0 aromatic heterocycles. The summed E-state index contributed by atoms with van der Waals surface area (Å²) >= 11 is 0. The Hall–Kier alpha value is -2.65. The topological polar surface area (TPSA) is 117 Å². The smallest absolute Gasteiger partial charge is 0.332 e. The summed E-state index contributed by atoms with van der Waals surface area (Å²) in [4.78, 5) is 16.6. The maximum absolute atomic E-state index is 11.0. The van der Waals surface area contributed by atoms with Crippen LogP contribution in [0.1, 0.15) is 5.56 Å². The zero-order valence-electron chi connectivity index (χ0n) is 12.8. The second kappa shape index (κ2) is 5.77. The molecule has 0 spiro atoms. The van der Waals surface area contributed by atoms with Crippen LogP contribution in [0.3, 0.4) is 0 Å². The van der Waals surface area contributed by atoms with Crippen molar-refractivity contribution in [2.75, 3.05) is 13.7 Å². The molecule has 126 valence electrons. The number of nitrogens with zero attached hydrogens (tertiary/aromatic N) is 2. The first-order chi connectivity index (χ1) is 11.7. The van der Waals surface area contributed by atoms with Gasteiger partial charge >= 0.3 is 6.03 Å². The minimum absolute atomic E-state index is 0.230. The van der Waals surface area contributed by atoms with E-state index in [-0.39, 0.29) is 18.1 Å². The molecule has 3 heterocycles. The number of amides is 2. The zero-order chi connectivity index (χ0) is 16.7. The van der Waals surface area contributed by atoms with Gasteiger partial charge in [-0.3, -0.25) is 0 Å². The van der Waals surface area contributed by atoms with E-state index in [2.05, 4.69) is 15.7 Å². The maximum Gasteiger partial charge on any atom is 0.332 e. The third-order valence-corrected chi connectivity index (χ3v) is 4.21. The number of hydrogen-bond donors (Lipinski definition) is 2. The average Bonchev–Trinajstić information content (AvgIpc) is 3.21. The molecule has 1 aromatic carbocycles. The number of primary amides is 1. The molecule has 24 heavy (non-hydrogen) atoms. The van der Waals surface area contributed by atoms with Crippen molar-refractivity contribution in [3.05, 3.63) is 29.8 Å². The lowest BCUT2D eigenvalue weighted by molar-refractivity contribution is -0.0812. The lowest BCUT2D eigenvalue weighted by atomic mass is 9.84. The van der Waals surface area contributed by atoms with Crippen LogP contribution in [-0.2, 0) is 14.3 Å². The summed E-state index contributed by atoms with van der Waals surface area (Å²) in [6.45, 7) is 0.382. The van der Waals surface area contributed by atoms with E-state index in [1.165, 1.54) is 0 Å². The van der Waals surface area contributed by atoms with Crippen LogP contribution < -0.4 is 15.9 Å². The van der Waals surface area contributed by atoms with Crippen molar-refractivity contribution in [1.29, 1.82) is 0 Å². The molecule has 3 N–H and O–H groups in total. The van der Waals surface area contributed by atoms with Crippen LogP contribution in [0.2, 0.25) is 0 Å². The van der Waals surface area contributed by atoms with Crippen LogP contribution in [-0.4, -0.2) is 49.7 Å². The number of nitrogens with two attached hydrogens (primary N) is 1. The molecule has 0 radical (unpaired) electrons. The summed E-state index contributed by atoms with van der Waals surface area (Å²) in [5.41, 5.74) is 9.41. The average molecular weight is 332 g/mol. The molecule has 9 nitrogen and oxygen atoms in total. The van der Waals surface area contributed by atoms with E-state index in [4.69, 9.17) is 24.8 Å².